The van der Waals surface area contributed by atoms with Gasteiger partial charge in [0.1, 0.15) is 12.7 Å². The molecule has 0 saturated carbocycles. The Balaban J connectivity index is 4.79. The Morgan fingerprint density at radius 1 is 0.382 bits per heavy atom. The van der Waals surface area contributed by atoms with E-state index in [1.807, 2.05) is 12.2 Å². The van der Waals surface area contributed by atoms with Crippen molar-refractivity contribution in [3.05, 3.63) is 97.2 Å². The lowest BCUT2D eigenvalue weighted by Gasteiger charge is -2.21. The Morgan fingerprint density at radius 2 is 0.711 bits per heavy atom. The molecule has 0 heterocycles. The van der Waals surface area contributed by atoms with Crippen molar-refractivity contribution in [2.75, 3.05) is 26.4 Å². The summed E-state index contributed by atoms with van der Waals surface area (Å²) in [6.45, 7) is 4.39. The SMILES string of the molecule is CC/C=C\C/C=C\C/C=C\C/C=C\CCC(=O)OC(CO)COP(=O)(O)OCC(COC(=O)CCCCCCCCC/C=C\C/C=C\CCCCC)OC(=O)CCCCCCCCCCC/C=C\C/C=C\CCCCC. The molecule has 2 N–H and O–H groups in total. The lowest BCUT2D eigenvalue weighted by atomic mass is 10.1. The summed E-state index contributed by atoms with van der Waals surface area (Å²) in [6.07, 6.45) is 68.1. The van der Waals surface area contributed by atoms with Crippen LogP contribution in [0.3, 0.4) is 0 Å². The normalized spacial score (nSPS) is 14.0. The smallest absolute Gasteiger partial charge is 0.462 e. The Bertz CT molecular complexity index is 1640. The average Bonchev–Trinajstić information content (AvgIpc) is 3.41. The number of hydrogen-bond acceptors (Lipinski definition) is 10. The molecule has 0 aromatic carbocycles. The minimum absolute atomic E-state index is 0.0521. The fraction of sp³-hybridized carbons (Fsp3) is 0.703. The van der Waals surface area contributed by atoms with Crippen molar-refractivity contribution in [3.63, 3.8) is 0 Å². The van der Waals surface area contributed by atoms with Gasteiger partial charge in [-0.1, -0.05) is 221 Å². The number of aliphatic hydroxyl groups is 1. The Morgan fingerprint density at radius 3 is 1.13 bits per heavy atom. The van der Waals surface area contributed by atoms with E-state index in [1.54, 1.807) is 0 Å². The number of hydrogen-bond donors (Lipinski definition) is 2. The molecular weight excluding hydrogens is 976 g/mol. The number of allylic oxidation sites excluding steroid dienone is 16. The van der Waals surface area contributed by atoms with Crippen molar-refractivity contribution in [2.45, 2.75) is 264 Å². The first-order chi connectivity index (χ1) is 37.2. The number of phosphoric ester groups is 1. The maximum absolute atomic E-state index is 12.9. The molecule has 0 aliphatic carbocycles. The molecule has 3 unspecified atom stereocenters. The summed E-state index contributed by atoms with van der Waals surface area (Å²) in [6, 6.07) is 0. The molecule has 0 fully saturated rings. The Kier molecular flexibility index (Phi) is 54.8. The molecule has 76 heavy (non-hydrogen) atoms. The summed E-state index contributed by atoms with van der Waals surface area (Å²) in [7, 11) is -4.77. The van der Waals surface area contributed by atoms with Crippen LogP contribution in [0.4, 0.5) is 0 Å². The van der Waals surface area contributed by atoms with Crippen LogP contribution in [0.25, 0.3) is 0 Å². The van der Waals surface area contributed by atoms with Gasteiger partial charge in [-0.2, -0.15) is 0 Å². The number of esters is 3. The molecule has 436 valence electrons. The highest BCUT2D eigenvalue weighted by Gasteiger charge is 2.28. The second-order valence-corrected chi connectivity index (χ2v) is 21.2. The van der Waals surface area contributed by atoms with E-state index < -0.39 is 57.8 Å². The van der Waals surface area contributed by atoms with Crippen molar-refractivity contribution in [1.82, 2.24) is 0 Å². The van der Waals surface area contributed by atoms with E-state index in [1.165, 1.54) is 96.3 Å². The monoisotopic (exact) mass is 1080 g/mol. The first-order valence-electron chi connectivity index (χ1n) is 30.1. The van der Waals surface area contributed by atoms with E-state index in [0.717, 1.165) is 96.3 Å². The van der Waals surface area contributed by atoms with E-state index in [9.17, 15) is 28.9 Å². The first kappa shape index (κ1) is 72.4. The zero-order valence-electron chi connectivity index (χ0n) is 48.2. The minimum Gasteiger partial charge on any atom is -0.462 e. The molecule has 0 rings (SSSR count). The van der Waals surface area contributed by atoms with Crippen molar-refractivity contribution in [2.24, 2.45) is 0 Å². The van der Waals surface area contributed by atoms with Crippen LogP contribution in [0, 0.1) is 0 Å². The van der Waals surface area contributed by atoms with Gasteiger partial charge in [-0.25, -0.2) is 4.57 Å². The largest absolute Gasteiger partial charge is 0.472 e. The zero-order chi connectivity index (χ0) is 55.5. The van der Waals surface area contributed by atoms with Gasteiger partial charge >= 0.3 is 25.7 Å². The van der Waals surface area contributed by atoms with Crippen LogP contribution >= 0.6 is 7.82 Å². The molecule has 12 heteroatoms. The topological polar surface area (TPSA) is 155 Å². The summed E-state index contributed by atoms with van der Waals surface area (Å²) in [4.78, 5) is 48.6. The minimum atomic E-state index is -4.77. The van der Waals surface area contributed by atoms with Gasteiger partial charge in [-0.15, -0.1) is 0 Å². The molecule has 0 saturated heterocycles. The van der Waals surface area contributed by atoms with E-state index in [-0.39, 0.29) is 25.9 Å². The Labute approximate surface area is 463 Å². The predicted molar refractivity (Wildman–Crippen MR) is 316 cm³/mol. The van der Waals surface area contributed by atoms with Crippen molar-refractivity contribution >= 4 is 25.7 Å². The number of phosphoric acid groups is 1. The number of carbonyl (C=O) groups is 3. The maximum Gasteiger partial charge on any atom is 0.472 e. The number of rotatable bonds is 55. The van der Waals surface area contributed by atoms with Gasteiger partial charge in [0.15, 0.2) is 6.10 Å². The van der Waals surface area contributed by atoms with Crippen LogP contribution in [-0.2, 0) is 42.2 Å². The third-order valence-electron chi connectivity index (χ3n) is 12.5. The molecule has 0 amide bonds. The highest BCUT2D eigenvalue weighted by Crippen LogP contribution is 2.43. The quantitative estimate of drug-likeness (QED) is 0.0197. The predicted octanol–water partition coefficient (Wildman–Crippen LogP) is 18.0. The zero-order valence-corrected chi connectivity index (χ0v) is 49.1. The molecule has 3 atom stereocenters. The molecule has 0 aromatic rings. The summed E-state index contributed by atoms with van der Waals surface area (Å²) in [5, 5.41) is 9.80. The molecule has 11 nitrogen and oxygen atoms in total. The lowest BCUT2D eigenvalue weighted by molar-refractivity contribution is -0.161. The number of carbonyl (C=O) groups excluding carboxylic acids is 3. The average molecular weight is 1090 g/mol. The first-order valence-corrected chi connectivity index (χ1v) is 31.6. The summed E-state index contributed by atoms with van der Waals surface area (Å²) < 4.78 is 39.5. The highest BCUT2D eigenvalue weighted by molar-refractivity contribution is 7.47. The second kappa shape index (κ2) is 57.6. The van der Waals surface area contributed by atoms with Crippen molar-refractivity contribution in [1.29, 1.82) is 0 Å². The van der Waals surface area contributed by atoms with Gasteiger partial charge in [-0.05, 0) is 109 Å². The standard InChI is InChI=1S/C64H109O11P/c1-4-7-10-13-16-19-22-25-27-29-30-32-34-37-40-43-46-49-52-55-64(68)75-61(57-71-62(66)53-50-47-44-41-38-36-33-31-28-26-23-20-17-14-11-8-5-2)59-73-76(69,70)72-58-60(56-65)74-63(67)54-51-48-45-42-39-35-24-21-18-15-12-9-6-3/h9,12,16-21,25-28,35,39,45,48,60-61,65H,4-8,10-11,13-15,22-24,29-34,36-38,40-44,46-47,49-59H2,1-3H3,(H,69,70)/b12-9-,19-16-,20-17-,21-18-,27-25-,28-26-,39-35-,48-45-. The van der Waals surface area contributed by atoms with Crippen molar-refractivity contribution < 1.29 is 52.2 Å². The lowest BCUT2D eigenvalue weighted by Crippen LogP contribution is -2.30. The van der Waals surface area contributed by atoms with Gasteiger partial charge in [0.2, 0.25) is 0 Å². The Hall–Kier alpha value is -3.60. The van der Waals surface area contributed by atoms with Crippen LogP contribution < -0.4 is 0 Å². The van der Waals surface area contributed by atoms with E-state index in [4.69, 9.17) is 23.3 Å². The van der Waals surface area contributed by atoms with Crippen LogP contribution in [0.1, 0.15) is 252 Å². The molecule has 0 aromatic heterocycles. The molecule has 0 spiro atoms. The molecular formula is C64H109O11P. The van der Waals surface area contributed by atoms with Gasteiger partial charge in [-0.3, -0.25) is 23.4 Å². The van der Waals surface area contributed by atoms with Crippen LogP contribution in [0.5, 0.6) is 0 Å². The third-order valence-corrected chi connectivity index (χ3v) is 13.4. The van der Waals surface area contributed by atoms with E-state index in [0.29, 0.717) is 19.3 Å². The van der Waals surface area contributed by atoms with Crippen molar-refractivity contribution in [3.8, 4) is 0 Å². The van der Waals surface area contributed by atoms with Gasteiger partial charge < -0.3 is 24.2 Å². The number of ether oxygens (including phenoxy) is 3. The second-order valence-electron chi connectivity index (χ2n) is 19.8. The fourth-order valence-corrected chi connectivity index (χ4v) is 8.68. The summed E-state index contributed by atoms with van der Waals surface area (Å²) in [5.41, 5.74) is 0. The number of aliphatic hydroxyl groups excluding tert-OH is 1. The highest BCUT2D eigenvalue weighted by atomic mass is 31.2. The molecule has 0 bridgehead atoms. The van der Waals surface area contributed by atoms with E-state index >= 15 is 0 Å². The maximum atomic E-state index is 12.9. The van der Waals surface area contributed by atoms with Gasteiger partial charge in [0.05, 0.1) is 19.8 Å². The summed E-state index contributed by atoms with van der Waals surface area (Å²) >= 11 is 0. The fourth-order valence-electron chi connectivity index (χ4n) is 7.90. The van der Waals surface area contributed by atoms with Crippen LogP contribution in [0.2, 0.25) is 0 Å². The van der Waals surface area contributed by atoms with Gasteiger partial charge in [0.25, 0.3) is 0 Å². The molecule has 0 radical (unpaired) electrons. The number of unbranched alkanes of at least 4 members (excludes halogenated alkanes) is 22. The van der Waals surface area contributed by atoms with Gasteiger partial charge in [0, 0.05) is 19.3 Å². The third kappa shape index (κ3) is 55.2. The molecule has 0 aliphatic heterocycles. The summed E-state index contributed by atoms with van der Waals surface area (Å²) in [5.74, 6) is -1.57. The van der Waals surface area contributed by atoms with E-state index in [2.05, 4.69) is 106 Å². The van der Waals surface area contributed by atoms with Crippen LogP contribution in [-0.4, -0.2) is 66.5 Å². The molecule has 0 aliphatic rings. The van der Waals surface area contributed by atoms with Crippen LogP contribution in [0.15, 0.2) is 97.2 Å².